The minimum Gasteiger partial charge on any atom is -0.469 e. The second-order valence-corrected chi connectivity index (χ2v) is 4.93. The van der Waals surface area contributed by atoms with Crippen molar-refractivity contribution < 1.29 is 4.42 Å². The van der Waals surface area contributed by atoms with E-state index in [0.717, 1.165) is 31.1 Å². The van der Waals surface area contributed by atoms with Gasteiger partial charge in [0, 0.05) is 18.5 Å². The van der Waals surface area contributed by atoms with Crippen LogP contribution >= 0.6 is 0 Å². The maximum atomic E-state index is 6.04. The van der Waals surface area contributed by atoms with E-state index in [2.05, 4.69) is 12.2 Å². The lowest BCUT2D eigenvalue weighted by Crippen LogP contribution is -2.33. The summed E-state index contributed by atoms with van der Waals surface area (Å²) in [6.07, 6.45) is 6.44. The van der Waals surface area contributed by atoms with E-state index in [4.69, 9.17) is 10.2 Å². The van der Waals surface area contributed by atoms with Crippen molar-refractivity contribution in [3.63, 3.8) is 0 Å². The Balaban J connectivity index is 1.58. The summed E-state index contributed by atoms with van der Waals surface area (Å²) >= 11 is 0. The molecule has 0 bridgehead atoms. The molecule has 3 nitrogen and oxygen atoms in total. The molecule has 16 heavy (non-hydrogen) atoms. The Hall–Kier alpha value is -0.800. The lowest BCUT2D eigenvalue weighted by molar-refractivity contribution is 0.439. The Bertz CT molecular complexity index is 293. The largest absolute Gasteiger partial charge is 0.469 e. The van der Waals surface area contributed by atoms with Crippen molar-refractivity contribution in [3.8, 4) is 0 Å². The first-order valence-corrected chi connectivity index (χ1v) is 6.27. The molecule has 1 heterocycles. The number of nitrogens with two attached hydrogens (primary N) is 1. The van der Waals surface area contributed by atoms with E-state index >= 15 is 0 Å². The molecular formula is C13H22N2O. The fourth-order valence-electron chi connectivity index (χ4n) is 2.06. The SMILES string of the molecule is CC(Cc1ccco1)NCCC(N)C1CC1. The number of nitrogens with one attached hydrogen (secondary N) is 1. The van der Waals surface area contributed by atoms with Crippen molar-refractivity contribution in [3.05, 3.63) is 24.2 Å². The highest BCUT2D eigenvalue weighted by Gasteiger charge is 2.27. The molecule has 0 aromatic carbocycles. The van der Waals surface area contributed by atoms with Crippen LogP contribution in [0.3, 0.4) is 0 Å². The third-order valence-corrected chi connectivity index (χ3v) is 3.29. The smallest absolute Gasteiger partial charge is 0.105 e. The second kappa shape index (κ2) is 5.51. The summed E-state index contributed by atoms with van der Waals surface area (Å²) in [4.78, 5) is 0. The van der Waals surface area contributed by atoms with Crippen LogP contribution in [-0.2, 0) is 6.42 Å². The van der Waals surface area contributed by atoms with Gasteiger partial charge in [0.25, 0.3) is 0 Å². The Kier molecular flexibility index (Phi) is 4.02. The van der Waals surface area contributed by atoms with Gasteiger partial charge >= 0.3 is 0 Å². The van der Waals surface area contributed by atoms with Crippen LogP contribution in [0, 0.1) is 5.92 Å². The summed E-state index contributed by atoms with van der Waals surface area (Å²) in [5.74, 6) is 1.86. The van der Waals surface area contributed by atoms with Crippen molar-refractivity contribution in [1.82, 2.24) is 5.32 Å². The Morgan fingerprint density at radius 1 is 1.56 bits per heavy atom. The van der Waals surface area contributed by atoms with E-state index in [1.165, 1.54) is 12.8 Å². The average molecular weight is 222 g/mol. The highest BCUT2D eigenvalue weighted by molar-refractivity contribution is 4.99. The molecule has 2 atom stereocenters. The molecule has 1 aliphatic carbocycles. The van der Waals surface area contributed by atoms with Crippen LogP contribution in [0.2, 0.25) is 0 Å². The molecule has 1 aromatic heterocycles. The minimum absolute atomic E-state index is 0.406. The Morgan fingerprint density at radius 3 is 3.00 bits per heavy atom. The summed E-state index contributed by atoms with van der Waals surface area (Å²) in [5.41, 5.74) is 6.04. The fraction of sp³-hybridized carbons (Fsp3) is 0.692. The van der Waals surface area contributed by atoms with Crippen LogP contribution < -0.4 is 11.1 Å². The first-order valence-electron chi connectivity index (χ1n) is 6.27. The van der Waals surface area contributed by atoms with Gasteiger partial charge in [0.15, 0.2) is 0 Å². The molecule has 3 N–H and O–H groups in total. The van der Waals surface area contributed by atoms with Gasteiger partial charge < -0.3 is 15.5 Å². The van der Waals surface area contributed by atoms with E-state index in [9.17, 15) is 0 Å². The predicted octanol–water partition coefficient (Wildman–Crippen LogP) is 1.93. The van der Waals surface area contributed by atoms with Crippen molar-refractivity contribution in [2.75, 3.05) is 6.54 Å². The third-order valence-electron chi connectivity index (χ3n) is 3.29. The number of furan rings is 1. The van der Waals surface area contributed by atoms with E-state index in [1.807, 2.05) is 12.1 Å². The lowest BCUT2D eigenvalue weighted by Gasteiger charge is -2.15. The summed E-state index contributed by atoms with van der Waals surface area (Å²) in [7, 11) is 0. The van der Waals surface area contributed by atoms with Gasteiger partial charge in [0.2, 0.25) is 0 Å². The molecule has 1 fully saturated rings. The molecule has 2 unspecified atom stereocenters. The van der Waals surface area contributed by atoms with Crippen LogP contribution in [0.4, 0.5) is 0 Å². The molecule has 0 amide bonds. The van der Waals surface area contributed by atoms with Gasteiger partial charge in [-0.15, -0.1) is 0 Å². The number of hydrogen-bond acceptors (Lipinski definition) is 3. The average Bonchev–Trinajstić information content (AvgIpc) is 2.99. The predicted molar refractivity (Wildman–Crippen MR) is 65.2 cm³/mol. The summed E-state index contributed by atoms with van der Waals surface area (Å²) in [6, 6.07) is 4.82. The first-order chi connectivity index (χ1) is 7.75. The lowest BCUT2D eigenvalue weighted by atomic mass is 10.1. The molecule has 0 aliphatic heterocycles. The molecule has 3 heteroatoms. The number of hydrogen-bond donors (Lipinski definition) is 2. The quantitative estimate of drug-likeness (QED) is 0.741. The van der Waals surface area contributed by atoms with E-state index in [0.29, 0.717) is 12.1 Å². The van der Waals surface area contributed by atoms with Gasteiger partial charge in [-0.2, -0.15) is 0 Å². The molecular weight excluding hydrogens is 200 g/mol. The molecule has 0 radical (unpaired) electrons. The van der Waals surface area contributed by atoms with Gasteiger partial charge in [-0.1, -0.05) is 0 Å². The van der Waals surface area contributed by atoms with Gasteiger partial charge in [-0.25, -0.2) is 0 Å². The van der Waals surface area contributed by atoms with Crippen LogP contribution in [0.15, 0.2) is 22.8 Å². The molecule has 1 aliphatic rings. The molecule has 0 saturated heterocycles. The highest BCUT2D eigenvalue weighted by Crippen LogP contribution is 2.32. The molecule has 0 spiro atoms. The normalized spacial score (nSPS) is 19.6. The first kappa shape index (κ1) is 11.7. The van der Waals surface area contributed by atoms with Gasteiger partial charge in [0.05, 0.1) is 6.26 Å². The molecule has 90 valence electrons. The van der Waals surface area contributed by atoms with E-state index in [-0.39, 0.29) is 0 Å². The monoisotopic (exact) mass is 222 g/mol. The standard InChI is InChI=1S/C13H22N2O/c1-10(9-12-3-2-8-16-12)15-7-6-13(14)11-4-5-11/h2-3,8,10-11,13,15H,4-7,9,14H2,1H3. The van der Waals surface area contributed by atoms with Crippen LogP contribution in [0.5, 0.6) is 0 Å². The molecule has 1 saturated carbocycles. The van der Waals surface area contributed by atoms with Crippen molar-refractivity contribution in [1.29, 1.82) is 0 Å². The molecule has 2 rings (SSSR count). The summed E-state index contributed by atoms with van der Waals surface area (Å²) in [6.45, 7) is 3.20. The fourth-order valence-corrected chi connectivity index (χ4v) is 2.06. The van der Waals surface area contributed by atoms with Crippen LogP contribution in [0.1, 0.15) is 31.9 Å². The maximum absolute atomic E-state index is 6.04. The second-order valence-electron chi connectivity index (χ2n) is 4.93. The zero-order chi connectivity index (χ0) is 11.4. The van der Waals surface area contributed by atoms with Crippen LogP contribution in [-0.4, -0.2) is 18.6 Å². The van der Waals surface area contributed by atoms with Gasteiger partial charge in [0.1, 0.15) is 5.76 Å². The molecule has 1 aromatic rings. The van der Waals surface area contributed by atoms with E-state index < -0.39 is 0 Å². The minimum atomic E-state index is 0.406. The zero-order valence-electron chi connectivity index (χ0n) is 9.99. The van der Waals surface area contributed by atoms with Gasteiger partial charge in [-0.3, -0.25) is 0 Å². The van der Waals surface area contributed by atoms with Crippen molar-refractivity contribution >= 4 is 0 Å². The summed E-state index contributed by atoms with van der Waals surface area (Å²) in [5, 5.41) is 3.49. The van der Waals surface area contributed by atoms with Crippen molar-refractivity contribution in [2.24, 2.45) is 11.7 Å². The maximum Gasteiger partial charge on any atom is 0.105 e. The summed E-state index contributed by atoms with van der Waals surface area (Å²) < 4.78 is 5.32. The number of rotatable bonds is 7. The highest BCUT2D eigenvalue weighted by atomic mass is 16.3. The van der Waals surface area contributed by atoms with E-state index in [1.54, 1.807) is 6.26 Å². The van der Waals surface area contributed by atoms with Crippen molar-refractivity contribution in [2.45, 2.75) is 44.7 Å². The van der Waals surface area contributed by atoms with Gasteiger partial charge in [-0.05, 0) is 50.8 Å². The third kappa shape index (κ3) is 3.65. The zero-order valence-corrected chi connectivity index (χ0v) is 9.99. The topological polar surface area (TPSA) is 51.2 Å². The van der Waals surface area contributed by atoms with Crippen LogP contribution in [0.25, 0.3) is 0 Å². The Labute approximate surface area is 97.4 Å². The Morgan fingerprint density at radius 2 is 2.38 bits per heavy atom.